The molecule has 21 heavy (non-hydrogen) atoms. The molecule has 118 valence electrons. The zero-order chi connectivity index (χ0) is 16.3. The number of nitrogens with one attached hydrogen (secondary N) is 1. The molecule has 0 amide bonds. The molecule has 1 aromatic carbocycles. The lowest BCUT2D eigenvalue weighted by atomic mass is 9.91. The Hall–Kier alpha value is -1.11. The SMILES string of the molecule is CCC(CC)(CC)NS(=O)(=O)c1cc(C(=O)O)ccc1Cl. The first kappa shape index (κ1) is 17.9. The number of rotatable bonds is 7. The first-order valence-electron chi connectivity index (χ1n) is 6.78. The van der Waals surface area contributed by atoms with E-state index in [1.54, 1.807) is 0 Å². The van der Waals surface area contributed by atoms with Gasteiger partial charge in [-0.15, -0.1) is 0 Å². The highest BCUT2D eigenvalue weighted by molar-refractivity contribution is 7.89. The highest BCUT2D eigenvalue weighted by atomic mass is 35.5. The minimum absolute atomic E-state index is 0.00436. The maximum Gasteiger partial charge on any atom is 0.335 e. The average molecular weight is 334 g/mol. The number of carboxylic acid groups (broad SMARTS) is 1. The van der Waals surface area contributed by atoms with E-state index >= 15 is 0 Å². The van der Waals surface area contributed by atoms with Crippen LogP contribution in [-0.4, -0.2) is 25.0 Å². The van der Waals surface area contributed by atoms with E-state index in [1.165, 1.54) is 12.1 Å². The summed E-state index contributed by atoms with van der Waals surface area (Å²) in [6.07, 6.45) is 1.90. The predicted octanol–water partition coefficient (Wildman–Crippen LogP) is 3.29. The smallest absolute Gasteiger partial charge is 0.335 e. The second-order valence-corrected chi connectivity index (χ2v) is 6.95. The van der Waals surface area contributed by atoms with E-state index in [2.05, 4.69) is 4.72 Å². The molecule has 0 aliphatic heterocycles. The Kier molecular flexibility index (Phi) is 5.78. The fourth-order valence-electron chi connectivity index (χ4n) is 2.15. The zero-order valence-electron chi connectivity index (χ0n) is 12.3. The van der Waals surface area contributed by atoms with Crippen molar-refractivity contribution in [2.45, 2.75) is 50.5 Å². The molecule has 2 N–H and O–H groups in total. The molecule has 0 bridgehead atoms. The summed E-state index contributed by atoms with van der Waals surface area (Å²) in [7, 11) is -3.89. The van der Waals surface area contributed by atoms with Crippen molar-refractivity contribution in [3.8, 4) is 0 Å². The third-order valence-electron chi connectivity index (χ3n) is 3.85. The monoisotopic (exact) mass is 333 g/mol. The van der Waals surface area contributed by atoms with Gasteiger partial charge in [0.25, 0.3) is 0 Å². The number of benzene rings is 1. The molecule has 0 saturated carbocycles. The van der Waals surface area contributed by atoms with E-state index in [0.29, 0.717) is 19.3 Å². The summed E-state index contributed by atoms with van der Waals surface area (Å²) in [5.41, 5.74) is -0.670. The molecule has 1 rings (SSSR count). The number of halogens is 1. The van der Waals surface area contributed by atoms with E-state index in [1.807, 2.05) is 20.8 Å². The van der Waals surface area contributed by atoms with Crippen LogP contribution < -0.4 is 4.72 Å². The van der Waals surface area contributed by atoms with Crippen LogP contribution in [0.15, 0.2) is 23.1 Å². The molecule has 0 saturated heterocycles. The largest absolute Gasteiger partial charge is 0.478 e. The van der Waals surface area contributed by atoms with Gasteiger partial charge in [0.1, 0.15) is 4.90 Å². The van der Waals surface area contributed by atoms with Crippen LogP contribution in [0.25, 0.3) is 0 Å². The highest BCUT2D eigenvalue weighted by Crippen LogP contribution is 2.27. The fourth-order valence-corrected chi connectivity index (χ4v) is 4.29. The minimum Gasteiger partial charge on any atom is -0.478 e. The van der Waals surface area contributed by atoms with E-state index in [0.717, 1.165) is 6.07 Å². The summed E-state index contributed by atoms with van der Waals surface area (Å²) in [5.74, 6) is -1.20. The van der Waals surface area contributed by atoms with Crippen molar-refractivity contribution >= 4 is 27.6 Å². The number of carbonyl (C=O) groups is 1. The average Bonchev–Trinajstić information content (AvgIpc) is 2.45. The molecule has 0 aromatic heterocycles. The lowest BCUT2D eigenvalue weighted by molar-refractivity contribution is 0.0696. The molecule has 0 spiro atoms. The Morgan fingerprint density at radius 3 is 2.19 bits per heavy atom. The predicted molar refractivity (Wildman–Crippen MR) is 82.3 cm³/mol. The van der Waals surface area contributed by atoms with Gasteiger partial charge in [0, 0.05) is 5.54 Å². The van der Waals surface area contributed by atoms with Crippen LogP contribution in [0.2, 0.25) is 5.02 Å². The van der Waals surface area contributed by atoms with E-state index < -0.39 is 21.5 Å². The van der Waals surface area contributed by atoms with Gasteiger partial charge in [-0.1, -0.05) is 32.4 Å². The number of hydrogen-bond acceptors (Lipinski definition) is 3. The topological polar surface area (TPSA) is 83.5 Å². The molecule has 5 nitrogen and oxygen atoms in total. The molecule has 0 aliphatic carbocycles. The summed E-state index contributed by atoms with van der Waals surface area (Å²) < 4.78 is 27.7. The maximum atomic E-state index is 12.5. The van der Waals surface area contributed by atoms with Crippen molar-refractivity contribution in [2.24, 2.45) is 0 Å². The summed E-state index contributed by atoms with van der Waals surface area (Å²) in [4.78, 5) is 10.8. The standard InChI is InChI=1S/C14H20ClNO4S/c1-4-14(5-2,6-3)16-21(19,20)12-9-10(13(17)18)7-8-11(12)15/h7-9,16H,4-6H2,1-3H3,(H,17,18). The van der Waals surface area contributed by atoms with Crippen LogP contribution in [0.4, 0.5) is 0 Å². The van der Waals surface area contributed by atoms with Gasteiger partial charge in [-0.3, -0.25) is 0 Å². The van der Waals surface area contributed by atoms with Gasteiger partial charge >= 0.3 is 5.97 Å². The Labute approximate surface area is 130 Å². The van der Waals surface area contributed by atoms with E-state index in [9.17, 15) is 13.2 Å². The molecule has 0 heterocycles. The van der Waals surface area contributed by atoms with Crippen LogP contribution in [0.5, 0.6) is 0 Å². The van der Waals surface area contributed by atoms with Crippen LogP contribution in [0, 0.1) is 0 Å². The van der Waals surface area contributed by atoms with E-state index in [4.69, 9.17) is 16.7 Å². The van der Waals surface area contributed by atoms with Crippen molar-refractivity contribution in [1.82, 2.24) is 4.72 Å². The summed E-state index contributed by atoms with van der Waals surface area (Å²) >= 11 is 5.93. The maximum absolute atomic E-state index is 12.5. The molecule has 0 fully saturated rings. The molecule has 0 atom stereocenters. The lowest BCUT2D eigenvalue weighted by Crippen LogP contribution is -2.47. The zero-order valence-corrected chi connectivity index (χ0v) is 13.9. The Morgan fingerprint density at radius 2 is 1.76 bits per heavy atom. The van der Waals surface area contributed by atoms with E-state index in [-0.39, 0.29) is 15.5 Å². The number of hydrogen-bond donors (Lipinski definition) is 2. The van der Waals surface area contributed by atoms with Gasteiger partial charge < -0.3 is 5.11 Å². The normalized spacial score (nSPS) is 12.4. The summed E-state index contributed by atoms with van der Waals surface area (Å²) in [5, 5.41) is 8.98. The van der Waals surface area contributed by atoms with Crippen molar-refractivity contribution in [3.05, 3.63) is 28.8 Å². The summed E-state index contributed by atoms with van der Waals surface area (Å²) in [6, 6.07) is 3.64. The van der Waals surface area contributed by atoms with Crippen molar-refractivity contribution < 1.29 is 18.3 Å². The lowest BCUT2D eigenvalue weighted by Gasteiger charge is -2.31. The van der Waals surface area contributed by atoms with Gasteiger partial charge in [-0.2, -0.15) is 0 Å². The Bertz CT molecular complexity index is 616. The first-order chi connectivity index (χ1) is 9.71. The third kappa shape index (κ3) is 3.96. The first-order valence-corrected chi connectivity index (χ1v) is 8.64. The molecule has 7 heteroatoms. The van der Waals surface area contributed by atoms with Crippen LogP contribution in [-0.2, 0) is 10.0 Å². The quantitative estimate of drug-likeness (QED) is 0.802. The second kappa shape index (κ2) is 6.77. The van der Waals surface area contributed by atoms with Crippen molar-refractivity contribution in [1.29, 1.82) is 0 Å². The van der Waals surface area contributed by atoms with Gasteiger partial charge in [0.05, 0.1) is 10.6 Å². The van der Waals surface area contributed by atoms with Gasteiger partial charge in [0.2, 0.25) is 10.0 Å². The molecular formula is C14H20ClNO4S. The third-order valence-corrected chi connectivity index (χ3v) is 5.91. The molecule has 0 radical (unpaired) electrons. The van der Waals surface area contributed by atoms with Crippen LogP contribution in [0.3, 0.4) is 0 Å². The fraction of sp³-hybridized carbons (Fsp3) is 0.500. The number of sulfonamides is 1. The molecule has 1 aromatic rings. The van der Waals surface area contributed by atoms with Crippen molar-refractivity contribution in [3.63, 3.8) is 0 Å². The van der Waals surface area contributed by atoms with Gasteiger partial charge in [0.15, 0.2) is 0 Å². The number of aromatic carboxylic acids is 1. The van der Waals surface area contributed by atoms with Gasteiger partial charge in [-0.05, 0) is 37.5 Å². The van der Waals surface area contributed by atoms with Crippen LogP contribution >= 0.6 is 11.6 Å². The summed E-state index contributed by atoms with van der Waals surface area (Å²) in [6.45, 7) is 5.72. The van der Waals surface area contributed by atoms with Crippen molar-refractivity contribution in [2.75, 3.05) is 0 Å². The minimum atomic E-state index is -3.89. The Balaban J connectivity index is 3.31. The van der Waals surface area contributed by atoms with Gasteiger partial charge in [-0.25, -0.2) is 17.9 Å². The molecule has 0 aliphatic rings. The molecular weight excluding hydrogens is 314 g/mol. The number of carboxylic acids is 1. The second-order valence-electron chi connectivity index (χ2n) is 4.90. The van der Waals surface area contributed by atoms with Crippen LogP contribution in [0.1, 0.15) is 50.4 Å². The highest BCUT2D eigenvalue weighted by Gasteiger charge is 2.31. The molecule has 0 unspecified atom stereocenters. The Morgan fingerprint density at radius 1 is 1.24 bits per heavy atom.